The maximum Gasteiger partial charge on any atom is 0.191 e. The number of methoxy groups -OCH3 is 1. The molecule has 1 aromatic heterocycles. The Kier molecular flexibility index (Phi) is 14.6. The van der Waals surface area contributed by atoms with Crippen LogP contribution in [-0.4, -0.2) is 61.8 Å². The molecule has 1 heterocycles. The molecule has 1 aromatic rings. The summed E-state index contributed by atoms with van der Waals surface area (Å²) in [4.78, 5) is 4.67. The second kappa shape index (κ2) is 15.1. The lowest BCUT2D eigenvalue weighted by Gasteiger charge is -2.18. The highest BCUT2D eigenvalue weighted by Gasteiger charge is 2.13. The molecule has 0 aliphatic heterocycles. The van der Waals surface area contributed by atoms with E-state index in [1.54, 1.807) is 7.11 Å². The first-order valence-corrected chi connectivity index (χ1v) is 9.60. The summed E-state index contributed by atoms with van der Waals surface area (Å²) < 4.78 is 12.4. The van der Waals surface area contributed by atoms with Crippen molar-refractivity contribution in [2.24, 2.45) is 12.0 Å². The van der Waals surface area contributed by atoms with Gasteiger partial charge in [-0.2, -0.15) is 5.10 Å². The Morgan fingerprint density at radius 2 is 1.96 bits per heavy atom. The highest BCUT2D eigenvalue weighted by Crippen LogP contribution is 2.14. The van der Waals surface area contributed by atoms with Crippen LogP contribution in [0.3, 0.4) is 0 Å². The summed E-state index contributed by atoms with van der Waals surface area (Å²) in [6.45, 7) is 12.2. The molecule has 0 aliphatic carbocycles. The largest absolute Gasteiger partial charge is 0.382 e. The van der Waals surface area contributed by atoms with Gasteiger partial charge in [-0.1, -0.05) is 0 Å². The Balaban J connectivity index is 0.00000676. The van der Waals surface area contributed by atoms with E-state index in [-0.39, 0.29) is 30.0 Å². The molecule has 158 valence electrons. The van der Waals surface area contributed by atoms with Crippen molar-refractivity contribution < 1.29 is 9.47 Å². The molecule has 1 unspecified atom stereocenters. The van der Waals surface area contributed by atoms with Gasteiger partial charge in [-0.25, -0.2) is 0 Å². The Morgan fingerprint density at radius 1 is 1.22 bits per heavy atom. The second-order valence-corrected chi connectivity index (χ2v) is 6.60. The molecular formula is C19H38IN5O2. The maximum absolute atomic E-state index is 5.47. The lowest BCUT2D eigenvalue weighted by molar-refractivity contribution is 0.0690. The fourth-order valence-corrected chi connectivity index (χ4v) is 2.77. The predicted octanol–water partition coefficient (Wildman–Crippen LogP) is 2.58. The van der Waals surface area contributed by atoms with Gasteiger partial charge in [-0.3, -0.25) is 9.67 Å². The summed E-state index contributed by atoms with van der Waals surface area (Å²) in [5.41, 5.74) is 3.65. The minimum absolute atomic E-state index is 0. The molecule has 0 spiro atoms. The molecule has 2 N–H and O–H groups in total. The quantitative estimate of drug-likeness (QED) is 0.202. The first kappa shape index (κ1) is 26.1. The molecule has 0 amide bonds. The molecule has 7 nitrogen and oxygen atoms in total. The molecular weight excluding hydrogens is 457 g/mol. The minimum atomic E-state index is 0. The zero-order valence-electron chi connectivity index (χ0n) is 17.8. The number of aromatic nitrogens is 2. The maximum atomic E-state index is 5.47. The van der Waals surface area contributed by atoms with Crippen molar-refractivity contribution in [3.8, 4) is 0 Å². The van der Waals surface area contributed by atoms with E-state index < -0.39 is 0 Å². The summed E-state index contributed by atoms with van der Waals surface area (Å²) in [6, 6.07) is 0.284. The Labute approximate surface area is 181 Å². The lowest BCUT2D eigenvalue weighted by Crippen LogP contribution is -2.43. The van der Waals surface area contributed by atoms with Crippen LogP contribution in [0.4, 0.5) is 0 Å². The number of aryl methyl sites for hydroxylation is 2. The molecule has 0 aliphatic rings. The molecule has 0 fully saturated rings. The fraction of sp³-hybridized carbons (Fsp3) is 0.789. The molecule has 0 saturated heterocycles. The van der Waals surface area contributed by atoms with Gasteiger partial charge in [0.25, 0.3) is 0 Å². The van der Waals surface area contributed by atoms with E-state index in [2.05, 4.69) is 48.4 Å². The summed E-state index contributed by atoms with van der Waals surface area (Å²) in [5, 5.41) is 11.3. The van der Waals surface area contributed by atoms with E-state index >= 15 is 0 Å². The Morgan fingerprint density at radius 3 is 2.56 bits per heavy atom. The summed E-state index contributed by atoms with van der Waals surface area (Å²) in [5.74, 6) is 0.875. The van der Waals surface area contributed by atoms with E-state index in [0.717, 1.165) is 50.6 Å². The molecule has 0 saturated carbocycles. The minimum Gasteiger partial charge on any atom is -0.382 e. The molecule has 0 radical (unpaired) electrons. The molecule has 8 heteroatoms. The van der Waals surface area contributed by atoms with Crippen molar-refractivity contribution in [2.75, 3.05) is 40.0 Å². The molecule has 1 atom stereocenters. The molecule has 0 bridgehead atoms. The third kappa shape index (κ3) is 10.3. The van der Waals surface area contributed by atoms with Crippen molar-refractivity contribution in [3.05, 3.63) is 17.0 Å². The van der Waals surface area contributed by atoms with E-state index in [1.165, 1.54) is 11.3 Å². The lowest BCUT2D eigenvalue weighted by atomic mass is 10.1. The topological polar surface area (TPSA) is 72.7 Å². The number of halogens is 1. The van der Waals surface area contributed by atoms with Gasteiger partial charge < -0.3 is 20.1 Å². The highest BCUT2D eigenvalue weighted by atomic mass is 127. The first-order chi connectivity index (χ1) is 12.5. The molecule has 0 aromatic carbocycles. The average molecular weight is 495 g/mol. The van der Waals surface area contributed by atoms with Crippen molar-refractivity contribution in [1.82, 2.24) is 20.4 Å². The summed E-state index contributed by atoms with van der Waals surface area (Å²) in [7, 11) is 3.68. The van der Waals surface area contributed by atoms with Gasteiger partial charge in [-0.05, 0) is 52.5 Å². The van der Waals surface area contributed by atoms with E-state index in [1.807, 2.05) is 11.7 Å². The Hall–Kier alpha value is -0.870. The third-order valence-corrected chi connectivity index (χ3v) is 4.30. The van der Waals surface area contributed by atoms with Crippen LogP contribution in [0.15, 0.2) is 4.99 Å². The number of guanidine groups is 1. The number of aliphatic imine (C=N–C) groups is 1. The van der Waals surface area contributed by atoms with Crippen molar-refractivity contribution in [1.29, 1.82) is 0 Å². The number of unbranched alkanes of at least 4 members (excludes halogenated alkanes) is 1. The number of hydrogen-bond acceptors (Lipinski definition) is 4. The van der Waals surface area contributed by atoms with E-state index in [4.69, 9.17) is 9.47 Å². The van der Waals surface area contributed by atoms with Crippen LogP contribution in [-0.2, 0) is 22.9 Å². The van der Waals surface area contributed by atoms with Crippen LogP contribution >= 0.6 is 24.0 Å². The van der Waals surface area contributed by atoms with Crippen LogP contribution < -0.4 is 10.6 Å². The van der Waals surface area contributed by atoms with Gasteiger partial charge in [0.1, 0.15) is 0 Å². The normalized spacial score (nSPS) is 12.6. The zero-order valence-corrected chi connectivity index (χ0v) is 20.1. The summed E-state index contributed by atoms with van der Waals surface area (Å²) in [6.07, 6.45) is 2.96. The smallest absolute Gasteiger partial charge is 0.191 e. The van der Waals surface area contributed by atoms with Crippen LogP contribution in [0.25, 0.3) is 0 Å². The van der Waals surface area contributed by atoms with Gasteiger partial charge in [-0.15, -0.1) is 24.0 Å². The summed E-state index contributed by atoms with van der Waals surface area (Å²) >= 11 is 0. The van der Waals surface area contributed by atoms with Crippen LogP contribution in [0.1, 0.15) is 43.6 Å². The van der Waals surface area contributed by atoms with Crippen LogP contribution in [0.2, 0.25) is 0 Å². The zero-order chi connectivity index (χ0) is 19.4. The van der Waals surface area contributed by atoms with Gasteiger partial charge in [0.2, 0.25) is 0 Å². The Bertz CT molecular complexity index is 548. The molecule has 27 heavy (non-hydrogen) atoms. The number of ether oxygens (including phenoxy) is 2. The van der Waals surface area contributed by atoms with Crippen LogP contribution in [0, 0.1) is 13.8 Å². The van der Waals surface area contributed by atoms with Gasteiger partial charge in [0, 0.05) is 45.6 Å². The first-order valence-electron chi connectivity index (χ1n) is 9.60. The average Bonchev–Trinajstić information content (AvgIpc) is 2.83. The van der Waals surface area contributed by atoms with Gasteiger partial charge in [0.15, 0.2) is 5.96 Å². The van der Waals surface area contributed by atoms with Gasteiger partial charge >= 0.3 is 0 Å². The van der Waals surface area contributed by atoms with E-state index in [9.17, 15) is 0 Å². The van der Waals surface area contributed by atoms with Crippen molar-refractivity contribution >= 4 is 29.9 Å². The highest BCUT2D eigenvalue weighted by molar-refractivity contribution is 14.0. The molecule has 1 rings (SSSR count). The third-order valence-electron chi connectivity index (χ3n) is 4.30. The van der Waals surface area contributed by atoms with Gasteiger partial charge in [0.05, 0.1) is 18.9 Å². The SMILES string of the molecule is CCNC(=NCCCCOCCOC)NC(C)Cc1c(C)nn(C)c1C.I. The van der Waals surface area contributed by atoms with Crippen molar-refractivity contribution in [2.45, 2.75) is 53.0 Å². The van der Waals surface area contributed by atoms with Crippen LogP contribution in [0.5, 0.6) is 0 Å². The fourth-order valence-electron chi connectivity index (χ4n) is 2.77. The van der Waals surface area contributed by atoms with Crippen molar-refractivity contribution in [3.63, 3.8) is 0 Å². The number of rotatable bonds is 12. The number of hydrogen-bond donors (Lipinski definition) is 2. The standard InChI is InChI=1S/C19H37N5O2.HI/c1-7-20-19(21-10-8-9-11-26-13-12-25-6)22-15(2)14-18-16(3)23-24(5)17(18)4;/h15H,7-14H2,1-6H3,(H2,20,21,22);1H. The number of nitrogens with one attached hydrogen (secondary N) is 2. The monoisotopic (exact) mass is 495 g/mol. The second-order valence-electron chi connectivity index (χ2n) is 6.60. The predicted molar refractivity (Wildman–Crippen MR) is 122 cm³/mol. The van der Waals surface area contributed by atoms with E-state index in [0.29, 0.717) is 13.2 Å². The number of nitrogens with zero attached hydrogens (tertiary/aromatic N) is 3.